The number of imide groups is 1. The molecule has 1 aromatic carbocycles. The first-order chi connectivity index (χ1) is 12.6. The van der Waals surface area contributed by atoms with Gasteiger partial charge >= 0.3 is 0 Å². The van der Waals surface area contributed by atoms with Gasteiger partial charge in [0, 0.05) is 6.54 Å². The largest absolute Gasteiger partial charge is 0.454 e. The Kier molecular flexibility index (Phi) is 4.53. The monoisotopic (exact) mass is 358 g/mol. The molecule has 1 aromatic rings. The lowest BCUT2D eigenvalue weighted by Crippen LogP contribution is -2.41. The number of carbonyl (C=O) groups excluding carboxylic acids is 3. The molecule has 7 heteroatoms. The van der Waals surface area contributed by atoms with Crippen molar-refractivity contribution in [3.63, 3.8) is 0 Å². The Bertz CT molecular complexity index is 723. The number of ether oxygens (including phenoxy) is 2. The van der Waals surface area contributed by atoms with E-state index in [1.54, 1.807) is 0 Å². The second kappa shape index (κ2) is 6.97. The number of fused-ring (bicyclic) bond motifs is 2. The van der Waals surface area contributed by atoms with Gasteiger partial charge in [-0.15, -0.1) is 0 Å². The molecule has 1 N–H and O–H groups in total. The molecule has 4 rings (SSSR count). The summed E-state index contributed by atoms with van der Waals surface area (Å²) < 4.78 is 10.6. The van der Waals surface area contributed by atoms with Gasteiger partial charge in [0.25, 0.3) is 0 Å². The van der Waals surface area contributed by atoms with Crippen LogP contribution >= 0.6 is 0 Å². The van der Waals surface area contributed by atoms with E-state index in [4.69, 9.17) is 9.47 Å². The molecular weight excluding hydrogens is 336 g/mol. The summed E-state index contributed by atoms with van der Waals surface area (Å²) in [6.45, 7) is 0.489. The third-order valence-electron chi connectivity index (χ3n) is 5.41. The van der Waals surface area contributed by atoms with Crippen molar-refractivity contribution in [2.24, 2.45) is 11.8 Å². The number of likely N-dealkylation sites (tertiary alicyclic amines) is 1. The predicted molar refractivity (Wildman–Crippen MR) is 91.4 cm³/mol. The van der Waals surface area contributed by atoms with E-state index < -0.39 is 0 Å². The molecule has 0 radical (unpaired) electrons. The van der Waals surface area contributed by atoms with Crippen molar-refractivity contribution < 1.29 is 23.9 Å². The Balaban J connectivity index is 1.28. The van der Waals surface area contributed by atoms with Gasteiger partial charge in [-0.05, 0) is 37.0 Å². The minimum atomic E-state index is -0.300. The fourth-order valence-corrected chi connectivity index (χ4v) is 4.03. The Morgan fingerprint density at radius 1 is 1.08 bits per heavy atom. The minimum Gasteiger partial charge on any atom is -0.454 e. The average Bonchev–Trinajstić information content (AvgIpc) is 3.21. The highest BCUT2D eigenvalue weighted by Gasteiger charge is 2.48. The molecule has 0 bridgehead atoms. The first kappa shape index (κ1) is 16.9. The smallest absolute Gasteiger partial charge is 0.240 e. The molecule has 2 fully saturated rings. The van der Waals surface area contributed by atoms with Crippen LogP contribution in [0.1, 0.15) is 31.2 Å². The van der Waals surface area contributed by atoms with Crippen molar-refractivity contribution in [1.82, 2.24) is 10.2 Å². The van der Waals surface area contributed by atoms with E-state index in [0.29, 0.717) is 18.7 Å². The van der Waals surface area contributed by atoms with Crippen molar-refractivity contribution in [3.05, 3.63) is 23.8 Å². The van der Waals surface area contributed by atoms with Gasteiger partial charge < -0.3 is 14.8 Å². The molecule has 3 amide bonds. The van der Waals surface area contributed by atoms with Crippen molar-refractivity contribution in [1.29, 1.82) is 0 Å². The van der Waals surface area contributed by atoms with E-state index in [2.05, 4.69) is 5.32 Å². The molecule has 0 spiro atoms. The van der Waals surface area contributed by atoms with Gasteiger partial charge in [0.15, 0.2) is 11.5 Å². The molecule has 0 aromatic heterocycles. The molecule has 1 aliphatic carbocycles. The lowest BCUT2D eigenvalue weighted by molar-refractivity contribution is -0.143. The molecule has 138 valence electrons. The quantitative estimate of drug-likeness (QED) is 0.801. The van der Waals surface area contributed by atoms with Crippen molar-refractivity contribution in [3.8, 4) is 11.5 Å². The fourth-order valence-electron chi connectivity index (χ4n) is 4.03. The number of carbonyl (C=O) groups is 3. The maximum absolute atomic E-state index is 12.4. The Labute approximate surface area is 151 Å². The number of hydrogen-bond acceptors (Lipinski definition) is 5. The van der Waals surface area contributed by atoms with Crippen LogP contribution in [0.2, 0.25) is 0 Å². The van der Waals surface area contributed by atoms with E-state index in [-0.39, 0.29) is 42.9 Å². The highest BCUT2D eigenvalue weighted by atomic mass is 16.7. The van der Waals surface area contributed by atoms with Crippen molar-refractivity contribution in [2.45, 2.75) is 32.1 Å². The molecule has 1 saturated heterocycles. The number of benzene rings is 1. The van der Waals surface area contributed by atoms with E-state index in [9.17, 15) is 14.4 Å². The van der Waals surface area contributed by atoms with Crippen LogP contribution in [0.25, 0.3) is 0 Å². The van der Waals surface area contributed by atoms with Gasteiger partial charge in [0.1, 0.15) is 6.54 Å². The third-order valence-corrected chi connectivity index (χ3v) is 5.41. The van der Waals surface area contributed by atoms with Crippen molar-refractivity contribution >= 4 is 17.7 Å². The van der Waals surface area contributed by atoms with Crippen LogP contribution in [-0.4, -0.2) is 42.5 Å². The van der Waals surface area contributed by atoms with E-state index in [1.807, 2.05) is 18.2 Å². The van der Waals surface area contributed by atoms with Gasteiger partial charge in [0.2, 0.25) is 24.5 Å². The number of amides is 3. The minimum absolute atomic E-state index is 0.175. The molecule has 26 heavy (non-hydrogen) atoms. The topological polar surface area (TPSA) is 84.9 Å². The zero-order valence-electron chi connectivity index (χ0n) is 14.5. The highest BCUT2D eigenvalue weighted by molar-refractivity contribution is 6.07. The molecular formula is C19H22N2O5. The van der Waals surface area contributed by atoms with Crippen LogP contribution < -0.4 is 14.8 Å². The van der Waals surface area contributed by atoms with Gasteiger partial charge in [-0.1, -0.05) is 18.9 Å². The maximum atomic E-state index is 12.4. The average molecular weight is 358 g/mol. The van der Waals surface area contributed by atoms with Gasteiger partial charge in [-0.3, -0.25) is 19.3 Å². The van der Waals surface area contributed by atoms with E-state index >= 15 is 0 Å². The summed E-state index contributed by atoms with van der Waals surface area (Å²) in [5.74, 6) is 0.368. The third kappa shape index (κ3) is 3.13. The molecule has 2 heterocycles. The zero-order chi connectivity index (χ0) is 18.1. The number of nitrogens with zero attached hydrogens (tertiary/aromatic N) is 1. The van der Waals surface area contributed by atoms with Gasteiger partial charge in [-0.25, -0.2) is 0 Å². The standard InChI is InChI=1S/C19H22N2O5/c22-17(10-21-18(23)13-3-1-2-4-14(13)19(21)24)20-8-7-12-5-6-15-16(9-12)26-11-25-15/h5-6,9,13-14H,1-4,7-8,10-11H2,(H,20,22)/t13-,14+. The fraction of sp³-hybridized carbons (Fsp3) is 0.526. The molecule has 0 unspecified atom stereocenters. The number of hydrogen-bond donors (Lipinski definition) is 1. The summed E-state index contributed by atoms with van der Waals surface area (Å²) in [7, 11) is 0. The SMILES string of the molecule is O=C(CN1C(=O)[C@H]2CCCC[C@H]2C1=O)NCCc1ccc2c(c1)OCO2. The summed E-state index contributed by atoms with van der Waals surface area (Å²) >= 11 is 0. The zero-order valence-corrected chi connectivity index (χ0v) is 14.5. The number of rotatable bonds is 5. The van der Waals surface area contributed by atoms with E-state index in [1.165, 1.54) is 0 Å². The summed E-state index contributed by atoms with van der Waals surface area (Å²) in [6.07, 6.45) is 4.12. The molecule has 2 aliphatic heterocycles. The Hall–Kier alpha value is -2.57. The highest BCUT2D eigenvalue weighted by Crippen LogP contribution is 2.37. The summed E-state index contributed by atoms with van der Waals surface area (Å²) in [6, 6.07) is 5.67. The van der Waals surface area contributed by atoms with Crippen molar-refractivity contribution in [2.75, 3.05) is 19.9 Å². The molecule has 1 saturated carbocycles. The molecule has 2 atom stereocenters. The van der Waals surface area contributed by atoms with Crippen LogP contribution in [0, 0.1) is 11.8 Å². The summed E-state index contributed by atoms with van der Waals surface area (Å²) in [5.41, 5.74) is 1.02. The lowest BCUT2D eigenvalue weighted by Gasteiger charge is -2.19. The molecule has 3 aliphatic rings. The van der Waals surface area contributed by atoms with Crippen LogP contribution in [0.15, 0.2) is 18.2 Å². The second-order valence-corrected chi connectivity index (χ2v) is 7.05. The summed E-state index contributed by atoms with van der Waals surface area (Å²) in [5, 5.41) is 2.79. The predicted octanol–water partition coefficient (Wildman–Crippen LogP) is 1.25. The second-order valence-electron chi connectivity index (χ2n) is 7.05. The van der Waals surface area contributed by atoms with Crippen LogP contribution in [0.5, 0.6) is 11.5 Å². The normalized spacial score (nSPS) is 23.9. The summed E-state index contributed by atoms with van der Waals surface area (Å²) in [4.78, 5) is 38.1. The van der Waals surface area contributed by atoms with Crippen LogP contribution in [0.3, 0.4) is 0 Å². The Morgan fingerprint density at radius 3 is 2.50 bits per heavy atom. The molecule has 7 nitrogen and oxygen atoms in total. The van der Waals surface area contributed by atoms with Gasteiger partial charge in [0.05, 0.1) is 11.8 Å². The number of nitrogens with one attached hydrogen (secondary N) is 1. The van der Waals surface area contributed by atoms with Crippen LogP contribution in [-0.2, 0) is 20.8 Å². The van der Waals surface area contributed by atoms with Crippen LogP contribution in [0.4, 0.5) is 0 Å². The first-order valence-corrected chi connectivity index (χ1v) is 9.14. The Morgan fingerprint density at radius 2 is 1.77 bits per heavy atom. The van der Waals surface area contributed by atoms with E-state index in [0.717, 1.165) is 41.9 Å². The lowest BCUT2D eigenvalue weighted by atomic mass is 9.81. The first-order valence-electron chi connectivity index (χ1n) is 9.14. The van der Waals surface area contributed by atoms with Gasteiger partial charge in [-0.2, -0.15) is 0 Å². The maximum Gasteiger partial charge on any atom is 0.240 e.